The van der Waals surface area contributed by atoms with Gasteiger partial charge in [0, 0.05) is 22.8 Å². The maximum Gasteiger partial charge on any atom is 0.337 e. The van der Waals surface area contributed by atoms with E-state index in [4.69, 9.17) is 28.2 Å². The van der Waals surface area contributed by atoms with Gasteiger partial charge < -0.3 is 29.6 Å². The highest BCUT2D eigenvalue weighted by Gasteiger charge is 2.41. The van der Waals surface area contributed by atoms with Gasteiger partial charge in [-0.3, -0.25) is 0 Å². The number of aromatic nitrogens is 4. The third-order valence-electron chi connectivity index (χ3n) is 8.71. The molecule has 0 saturated heterocycles. The second-order valence-electron chi connectivity index (χ2n) is 13.1. The fraction of sp³-hybridized carbons (Fsp3) is 0.368. The van der Waals surface area contributed by atoms with Crippen LogP contribution in [0.2, 0.25) is 0 Å². The summed E-state index contributed by atoms with van der Waals surface area (Å²) < 4.78 is 30.5. The molecule has 2 unspecified atom stereocenters. The number of fused-ring (bicyclic) bond motifs is 2. The number of hydrogen-bond donors (Lipinski definition) is 2. The van der Waals surface area contributed by atoms with Gasteiger partial charge in [0.25, 0.3) is 0 Å². The summed E-state index contributed by atoms with van der Waals surface area (Å²) in [5.41, 5.74) is 6.91. The van der Waals surface area contributed by atoms with Crippen molar-refractivity contribution in [3.8, 4) is 0 Å². The zero-order valence-corrected chi connectivity index (χ0v) is 31.6. The summed E-state index contributed by atoms with van der Waals surface area (Å²) >= 11 is 0. The quantitative estimate of drug-likeness (QED) is 0.176. The summed E-state index contributed by atoms with van der Waals surface area (Å²) in [6.07, 6.45) is -0.618. The van der Waals surface area contributed by atoms with Crippen molar-refractivity contribution >= 4 is 45.9 Å². The molecule has 0 amide bonds. The van der Waals surface area contributed by atoms with Crippen molar-refractivity contribution in [2.45, 2.75) is 79.4 Å². The zero-order chi connectivity index (χ0) is 39.4. The Bertz CT molecular complexity index is 2100. The van der Waals surface area contributed by atoms with Gasteiger partial charge in [-0.15, -0.1) is 0 Å². The van der Waals surface area contributed by atoms with Crippen LogP contribution in [0.25, 0.3) is 22.1 Å². The lowest BCUT2D eigenvalue weighted by atomic mass is 9.80. The number of hydrogen-bond acceptors (Lipinski definition) is 16. The lowest BCUT2D eigenvalue weighted by molar-refractivity contribution is -0.144. The number of nitrogens with one attached hydrogen (secondary N) is 2. The second-order valence-corrected chi connectivity index (χ2v) is 13.1. The molecule has 0 radical (unpaired) electrons. The summed E-state index contributed by atoms with van der Waals surface area (Å²) in [4.78, 5) is 50.9. The smallest absolute Gasteiger partial charge is 0.337 e. The summed E-state index contributed by atoms with van der Waals surface area (Å²) in [7, 11) is 2.60. The number of ether oxygens (including phenoxy) is 4. The van der Waals surface area contributed by atoms with Crippen molar-refractivity contribution in [3.05, 3.63) is 92.6 Å². The maximum absolute atomic E-state index is 12.9. The van der Waals surface area contributed by atoms with Crippen molar-refractivity contribution in [1.82, 2.24) is 31.3 Å². The van der Waals surface area contributed by atoms with Gasteiger partial charge in [0.15, 0.2) is 0 Å². The third kappa shape index (κ3) is 7.58. The van der Waals surface area contributed by atoms with Crippen molar-refractivity contribution in [2.75, 3.05) is 14.2 Å². The van der Waals surface area contributed by atoms with Crippen LogP contribution in [-0.2, 0) is 38.1 Å². The summed E-state index contributed by atoms with van der Waals surface area (Å²) in [5.74, 6) is -3.55. The molecule has 2 N–H and O–H groups in total. The van der Waals surface area contributed by atoms with Crippen LogP contribution >= 0.6 is 0 Å². The number of dihydropyridines is 2. The Hall–Kier alpha value is -6.32. The predicted octanol–water partition coefficient (Wildman–Crippen LogP) is 5.16. The summed E-state index contributed by atoms with van der Waals surface area (Å²) in [5, 5.41) is 21.8. The molecule has 284 valence electrons. The molecule has 0 aliphatic carbocycles. The topological polar surface area (TPSA) is 207 Å². The average Bonchev–Trinajstić information content (AvgIpc) is 3.80. The van der Waals surface area contributed by atoms with Gasteiger partial charge in [-0.05, 0) is 99.3 Å². The molecule has 16 nitrogen and oxygen atoms in total. The van der Waals surface area contributed by atoms with E-state index in [1.54, 1.807) is 91.8 Å². The molecule has 2 atom stereocenters. The first-order valence-electron chi connectivity index (χ1n) is 17.1. The average molecular weight is 743 g/mol. The van der Waals surface area contributed by atoms with Crippen LogP contribution in [0.4, 0.5) is 0 Å². The van der Waals surface area contributed by atoms with E-state index in [1.165, 1.54) is 14.2 Å². The second kappa shape index (κ2) is 16.1. The Kier molecular flexibility index (Phi) is 11.6. The highest BCUT2D eigenvalue weighted by atomic mass is 16.6. The standard InChI is InChI=1S/2C19H21N3O5/c2*1-9(2)26-19(24)15-11(4)20-10(3)14(18(23)25-5)16(15)12-7-6-8-13-17(12)22-27-21-13/h2*6-9,16,20H,1-5H3. The highest BCUT2D eigenvalue weighted by molar-refractivity contribution is 6.02. The molecule has 2 aliphatic rings. The summed E-state index contributed by atoms with van der Waals surface area (Å²) in [6, 6.07) is 10.6. The first kappa shape index (κ1) is 38.9. The fourth-order valence-electron chi connectivity index (χ4n) is 6.59. The van der Waals surface area contributed by atoms with Crippen LogP contribution in [0.5, 0.6) is 0 Å². The van der Waals surface area contributed by atoms with E-state index in [0.29, 0.717) is 78.3 Å². The van der Waals surface area contributed by atoms with E-state index in [0.717, 1.165) is 0 Å². The van der Waals surface area contributed by atoms with Crippen LogP contribution < -0.4 is 10.6 Å². The first-order valence-corrected chi connectivity index (χ1v) is 17.1. The number of carbonyl (C=O) groups is 4. The van der Waals surface area contributed by atoms with Gasteiger partial charge in [-0.2, -0.15) is 0 Å². The van der Waals surface area contributed by atoms with E-state index in [2.05, 4.69) is 31.3 Å². The first-order chi connectivity index (χ1) is 25.7. The highest BCUT2D eigenvalue weighted by Crippen LogP contribution is 2.43. The fourth-order valence-corrected chi connectivity index (χ4v) is 6.59. The lowest BCUT2D eigenvalue weighted by Crippen LogP contribution is -2.33. The molecule has 0 spiro atoms. The molecule has 54 heavy (non-hydrogen) atoms. The van der Waals surface area contributed by atoms with E-state index in [1.807, 2.05) is 0 Å². The summed E-state index contributed by atoms with van der Waals surface area (Å²) in [6.45, 7) is 14.1. The van der Waals surface area contributed by atoms with Crippen molar-refractivity contribution in [1.29, 1.82) is 0 Å². The molecule has 4 heterocycles. The van der Waals surface area contributed by atoms with E-state index in [-0.39, 0.29) is 12.2 Å². The molecular formula is C38H42N6O10. The van der Waals surface area contributed by atoms with Crippen LogP contribution in [0, 0.1) is 0 Å². The minimum atomic E-state index is -0.722. The number of esters is 4. The monoisotopic (exact) mass is 742 g/mol. The predicted molar refractivity (Wildman–Crippen MR) is 193 cm³/mol. The van der Waals surface area contributed by atoms with E-state index >= 15 is 0 Å². The molecule has 4 aromatic rings. The molecule has 0 fully saturated rings. The minimum absolute atomic E-state index is 0.309. The van der Waals surface area contributed by atoms with Gasteiger partial charge >= 0.3 is 23.9 Å². The Labute approximate surface area is 310 Å². The number of benzene rings is 2. The van der Waals surface area contributed by atoms with Gasteiger partial charge in [0.1, 0.15) is 22.1 Å². The normalized spacial score (nSPS) is 17.3. The molecule has 2 aromatic carbocycles. The van der Waals surface area contributed by atoms with Gasteiger partial charge in [-0.25, -0.2) is 28.4 Å². The molecule has 6 rings (SSSR count). The SMILES string of the molecule is COC(=O)C1=C(C)NC(C)=C(C(=O)OC(C)C)C1c1cccc2nonc12.COC(=O)C1=C(C)NC(C)=C(C(=O)OC(C)C)C1c1cccc2nonc12. The number of rotatable bonds is 8. The van der Waals surface area contributed by atoms with Crippen molar-refractivity contribution in [3.63, 3.8) is 0 Å². The maximum atomic E-state index is 12.9. The number of nitrogens with zero attached hydrogens (tertiary/aromatic N) is 4. The Morgan fingerprint density at radius 2 is 0.889 bits per heavy atom. The Morgan fingerprint density at radius 3 is 1.20 bits per heavy atom. The Balaban J connectivity index is 0.000000208. The van der Waals surface area contributed by atoms with Crippen molar-refractivity contribution in [2.24, 2.45) is 0 Å². The van der Waals surface area contributed by atoms with Gasteiger partial charge in [0.2, 0.25) is 0 Å². The van der Waals surface area contributed by atoms with Crippen LogP contribution in [0.1, 0.15) is 78.4 Å². The third-order valence-corrected chi connectivity index (χ3v) is 8.71. The number of methoxy groups -OCH3 is 2. The van der Waals surface area contributed by atoms with Crippen LogP contribution in [-0.4, -0.2) is 70.9 Å². The number of allylic oxidation sites excluding steroid dienone is 4. The molecule has 0 saturated carbocycles. The van der Waals surface area contributed by atoms with Crippen molar-refractivity contribution < 1.29 is 47.4 Å². The lowest BCUT2D eigenvalue weighted by Gasteiger charge is -2.30. The number of carbonyl (C=O) groups excluding carboxylic acids is 4. The van der Waals surface area contributed by atoms with Gasteiger partial charge in [-0.1, -0.05) is 24.3 Å². The zero-order valence-electron chi connectivity index (χ0n) is 31.6. The molecule has 2 aliphatic heterocycles. The van der Waals surface area contributed by atoms with E-state index in [9.17, 15) is 19.2 Å². The molecular weight excluding hydrogens is 700 g/mol. The Morgan fingerprint density at radius 1 is 0.556 bits per heavy atom. The van der Waals surface area contributed by atoms with Crippen LogP contribution in [0.3, 0.4) is 0 Å². The van der Waals surface area contributed by atoms with Crippen LogP contribution in [0.15, 0.2) is 90.7 Å². The van der Waals surface area contributed by atoms with E-state index < -0.39 is 35.7 Å². The molecule has 16 heteroatoms. The largest absolute Gasteiger partial charge is 0.466 e. The molecule has 0 bridgehead atoms. The van der Waals surface area contributed by atoms with Gasteiger partial charge in [0.05, 0.1) is 60.6 Å². The molecule has 2 aromatic heterocycles. The minimum Gasteiger partial charge on any atom is -0.466 e.